The summed E-state index contributed by atoms with van der Waals surface area (Å²) in [4.78, 5) is 17.0. The summed E-state index contributed by atoms with van der Waals surface area (Å²) in [6.07, 6.45) is 4.26. The van der Waals surface area contributed by atoms with Crippen molar-refractivity contribution in [2.45, 2.75) is 26.3 Å². The summed E-state index contributed by atoms with van der Waals surface area (Å²) in [5.74, 6) is 1.36. The highest BCUT2D eigenvalue weighted by Crippen LogP contribution is 2.25. The van der Waals surface area contributed by atoms with E-state index in [1.807, 2.05) is 55.9 Å². The van der Waals surface area contributed by atoms with Gasteiger partial charge in [-0.3, -0.25) is 4.79 Å². The van der Waals surface area contributed by atoms with Crippen LogP contribution < -0.4 is 10.1 Å². The topological polar surface area (TPSA) is 56.1 Å². The van der Waals surface area contributed by atoms with Crippen LogP contribution in [0.15, 0.2) is 48.8 Å². The van der Waals surface area contributed by atoms with Gasteiger partial charge < -0.3 is 14.6 Å². The summed E-state index contributed by atoms with van der Waals surface area (Å²) >= 11 is 0. The second-order valence-corrected chi connectivity index (χ2v) is 6.18. The summed E-state index contributed by atoms with van der Waals surface area (Å²) in [5, 5.41) is 3.11. The van der Waals surface area contributed by atoms with Crippen molar-refractivity contribution < 1.29 is 9.53 Å². The minimum absolute atomic E-state index is 0.0196. The Kier molecular flexibility index (Phi) is 5.79. The van der Waals surface area contributed by atoms with Gasteiger partial charge in [-0.15, -0.1) is 6.58 Å². The quantitative estimate of drug-likeness (QED) is 0.794. The zero-order valence-electron chi connectivity index (χ0n) is 14.7. The average Bonchev–Trinajstić information content (AvgIpc) is 2.97. The number of amides is 1. The minimum Gasteiger partial charge on any atom is -0.497 e. The Bertz CT molecular complexity index is 721. The lowest BCUT2D eigenvalue weighted by atomic mass is 10.00. The Balaban J connectivity index is 2.32. The molecule has 2 aromatic rings. The number of nitrogens with zero attached hydrogens (tertiary/aromatic N) is 2. The van der Waals surface area contributed by atoms with Crippen molar-refractivity contribution in [2.75, 3.05) is 7.11 Å². The maximum atomic E-state index is 12.6. The number of ether oxygens (including phenoxy) is 1. The van der Waals surface area contributed by atoms with Crippen molar-refractivity contribution in [1.29, 1.82) is 0 Å². The predicted molar refractivity (Wildman–Crippen MR) is 94.8 cm³/mol. The highest BCUT2D eigenvalue weighted by atomic mass is 16.5. The molecule has 2 atom stereocenters. The van der Waals surface area contributed by atoms with E-state index in [0.29, 0.717) is 6.42 Å². The number of hydrogen-bond acceptors (Lipinski definition) is 3. The Morgan fingerprint density at radius 2 is 2.21 bits per heavy atom. The number of hydrogen-bond donors (Lipinski definition) is 1. The Morgan fingerprint density at radius 1 is 1.46 bits per heavy atom. The third kappa shape index (κ3) is 4.25. The van der Waals surface area contributed by atoms with Gasteiger partial charge in [-0.25, -0.2) is 4.98 Å². The number of carbonyl (C=O) groups is 1. The fraction of sp³-hybridized carbons (Fsp3) is 0.368. The van der Waals surface area contributed by atoms with E-state index < -0.39 is 0 Å². The molecule has 0 saturated heterocycles. The molecular formula is C19H25N3O2. The van der Waals surface area contributed by atoms with Crippen molar-refractivity contribution in [1.82, 2.24) is 14.9 Å². The van der Waals surface area contributed by atoms with Crippen molar-refractivity contribution in [2.24, 2.45) is 13.0 Å². The molecule has 1 aromatic carbocycles. The zero-order valence-corrected chi connectivity index (χ0v) is 14.7. The lowest BCUT2D eigenvalue weighted by Gasteiger charge is -2.22. The molecule has 2 unspecified atom stereocenters. The van der Waals surface area contributed by atoms with Crippen molar-refractivity contribution in [3.8, 4) is 5.75 Å². The van der Waals surface area contributed by atoms with E-state index in [4.69, 9.17) is 4.74 Å². The van der Waals surface area contributed by atoms with E-state index in [9.17, 15) is 4.79 Å². The number of nitrogens with one attached hydrogen (secondary N) is 1. The highest BCUT2D eigenvalue weighted by molar-refractivity contribution is 5.79. The number of rotatable bonds is 7. The number of aromatic nitrogens is 2. The molecule has 0 saturated carbocycles. The maximum absolute atomic E-state index is 12.6. The van der Waals surface area contributed by atoms with Crippen LogP contribution in [-0.2, 0) is 11.8 Å². The van der Waals surface area contributed by atoms with Gasteiger partial charge in [0.25, 0.3) is 0 Å². The Hall–Kier alpha value is -2.56. The average molecular weight is 327 g/mol. The molecule has 1 amide bonds. The SMILES string of the molecule is C=C(C)CC(C)C(=O)NC(c1cccc(OC)c1)c1nccn1C. The van der Waals surface area contributed by atoms with Gasteiger partial charge in [0.2, 0.25) is 5.91 Å². The minimum atomic E-state index is -0.333. The fourth-order valence-corrected chi connectivity index (χ4v) is 2.67. The van der Waals surface area contributed by atoms with E-state index in [-0.39, 0.29) is 17.9 Å². The number of allylic oxidation sites excluding steroid dienone is 1. The summed E-state index contributed by atoms with van der Waals surface area (Å²) < 4.78 is 7.22. The Morgan fingerprint density at radius 3 is 2.79 bits per heavy atom. The molecule has 24 heavy (non-hydrogen) atoms. The standard InChI is InChI=1S/C19H25N3O2/c1-13(2)11-14(3)19(23)21-17(18-20-9-10-22(18)4)15-7-6-8-16(12-15)24-5/h6-10,12,14,17H,1,11H2,2-5H3,(H,21,23). The van der Waals surface area contributed by atoms with Gasteiger partial charge in [0, 0.05) is 25.4 Å². The van der Waals surface area contributed by atoms with Gasteiger partial charge in [-0.1, -0.05) is 24.6 Å². The summed E-state index contributed by atoms with van der Waals surface area (Å²) in [7, 11) is 3.54. The van der Waals surface area contributed by atoms with Gasteiger partial charge in [0.15, 0.2) is 0 Å². The largest absolute Gasteiger partial charge is 0.497 e. The van der Waals surface area contributed by atoms with Gasteiger partial charge in [-0.2, -0.15) is 0 Å². The molecule has 1 heterocycles. The first-order valence-electron chi connectivity index (χ1n) is 7.98. The van der Waals surface area contributed by atoms with Crippen molar-refractivity contribution in [3.63, 3.8) is 0 Å². The molecule has 0 radical (unpaired) electrons. The van der Waals surface area contributed by atoms with Gasteiger partial charge >= 0.3 is 0 Å². The van der Waals surface area contributed by atoms with Crippen LogP contribution in [0.2, 0.25) is 0 Å². The van der Waals surface area contributed by atoms with E-state index in [1.54, 1.807) is 13.3 Å². The van der Waals surface area contributed by atoms with Crippen LogP contribution in [0.1, 0.15) is 37.7 Å². The van der Waals surface area contributed by atoms with E-state index in [1.165, 1.54) is 0 Å². The smallest absolute Gasteiger partial charge is 0.224 e. The monoisotopic (exact) mass is 327 g/mol. The molecule has 5 nitrogen and oxygen atoms in total. The summed E-state index contributed by atoms with van der Waals surface area (Å²) in [6, 6.07) is 7.34. The first-order chi connectivity index (χ1) is 11.4. The fourth-order valence-electron chi connectivity index (χ4n) is 2.67. The van der Waals surface area contributed by atoms with Crippen LogP contribution >= 0.6 is 0 Å². The van der Waals surface area contributed by atoms with Crippen LogP contribution in [0.3, 0.4) is 0 Å². The lowest BCUT2D eigenvalue weighted by molar-refractivity contribution is -0.125. The molecule has 0 aliphatic heterocycles. The molecule has 0 aliphatic rings. The molecule has 5 heteroatoms. The van der Waals surface area contributed by atoms with Crippen LogP contribution in [0, 0.1) is 5.92 Å². The van der Waals surface area contributed by atoms with Crippen LogP contribution in [0.4, 0.5) is 0 Å². The third-order valence-corrected chi connectivity index (χ3v) is 3.93. The molecular weight excluding hydrogens is 302 g/mol. The summed E-state index contributed by atoms with van der Waals surface area (Å²) in [6.45, 7) is 7.73. The number of carbonyl (C=O) groups excluding carboxylic acids is 1. The zero-order chi connectivity index (χ0) is 17.7. The van der Waals surface area contributed by atoms with Gasteiger partial charge in [0.1, 0.15) is 17.6 Å². The number of methoxy groups -OCH3 is 1. The third-order valence-electron chi connectivity index (χ3n) is 3.93. The molecule has 1 aromatic heterocycles. The molecule has 0 spiro atoms. The predicted octanol–water partition coefficient (Wildman–Crippen LogP) is 3.24. The first kappa shape index (κ1) is 17.8. The molecule has 1 N–H and O–H groups in total. The highest BCUT2D eigenvalue weighted by Gasteiger charge is 2.23. The van der Waals surface area contributed by atoms with E-state index >= 15 is 0 Å². The second kappa shape index (κ2) is 7.81. The maximum Gasteiger partial charge on any atom is 0.224 e. The number of benzene rings is 1. The van der Waals surface area contributed by atoms with Crippen LogP contribution in [-0.4, -0.2) is 22.6 Å². The Labute approximate surface area is 143 Å². The molecule has 0 fully saturated rings. The molecule has 128 valence electrons. The molecule has 2 rings (SSSR count). The first-order valence-corrected chi connectivity index (χ1v) is 7.98. The van der Waals surface area contributed by atoms with Gasteiger partial charge in [0.05, 0.1) is 7.11 Å². The van der Waals surface area contributed by atoms with Crippen LogP contribution in [0.5, 0.6) is 5.75 Å². The van der Waals surface area contributed by atoms with Crippen molar-refractivity contribution >= 4 is 5.91 Å². The van der Waals surface area contributed by atoms with E-state index in [2.05, 4.69) is 16.9 Å². The number of aryl methyl sites for hydroxylation is 1. The van der Waals surface area contributed by atoms with E-state index in [0.717, 1.165) is 22.7 Å². The molecule has 0 aliphatic carbocycles. The van der Waals surface area contributed by atoms with Crippen molar-refractivity contribution in [3.05, 3.63) is 60.2 Å². The lowest BCUT2D eigenvalue weighted by Crippen LogP contribution is -2.34. The second-order valence-electron chi connectivity index (χ2n) is 6.18. The van der Waals surface area contributed by atoms with Gasteiger partial charge in [-0.05, 0) is 31.0 Å². The number of imidazole rings is 1. The normalized spacial score (nSPS) is 13.2. The molecule has 0 bridgehead atoms. The summed E-state index contributed by atoms with van der Waals surface area (Å²) in [5.41, 5.74) is 1.92. The van der Waals surface area contributed by atoms with Crippen LogP contribution in [0.25, 0.3) is 0 Å².